The van der Waals surface area contributed by atoms with Crippen molar-refractivity contribution in [3.63, 3.8) is 0 Å². The molecule has 0 aliphatic carbocycles. The molecule has 21 heavy (non-hydrogen) atoms. The van der Waals surface area contributed by atoms with Crippen LogP contribution < -0.4 is 10.0 Å². The summed E-state index contributed by atoms with van der Waals surface area (Å²) in [6, 6.07) is 7.26. The Morgan fingerprint density at radius 1 is 1.24 bits per heavy atom. The van der Waals surface area contributed by atoms with Crippen LogP contribution in [-0.4, -0.2) is 19.9 Å². The number of hydrogen-bond acceptors (Lipinski definition) is 4. The maximum atomic E-state index is 13.8. The molecule has 0 radical (unpaired) electrons. The van der Waals surface area contributed by atoms with Gasteiger partial charge in [0.15, 0.2) is 10.8 Å². The lowest BCUT2D eigenvalue weighted by Crippen LogP contribution is -2.17. The van der Waals surface area contributed by atoms with E-state index in [9.17, 15) is 12.8 Å². The van der Waals surface area contributed by atoms with Crippen molar-refractivity contribution >= 4 is 33.0 Å². The van der Waals surface area contributed by atoms with Gasteiger partial charge in [0, 0.05) is 12.7 Å². The first-order chi connectivity index (χ1) is 9.95. The lowest BCUT2D eigenvalue weighted by molar-refractivity contribution is 0.595. The summed E-state index contributed by atoms with van der Waals surface area (Å²) in [5, 5.41) is 2.53. The lowest BCUT2D eigenvalue weighted by atomic mass is 10.3. The molecule has 2 aromatic rings. The van der Waals surface area contributed by atoms with E-state index in [-0.39, 0.29) is 15.7 Å². The van der Waals surface area contributed by atoms with Crippen molar-refractivity contribution in [3.05, 3.63) is 47.4 Å². The SMILES string of the molecule is CCNc1cccnc1S(=O)(=O)Nc1cccc(Cl)c1F. The van der Waals surface area contributed by atoms with E-state index in [1.807, 2.05) is 6.92 Å². The highest BCUT2D eigenvalue weighted by Gasteiger charge is 2.22. The highest BCUT2D eigenvalue weighted by molar-refractivity contribution is 7.92. The molecule has 0 aliphatic heterocycles. The number of halogens is 2. The lowest BCUT2D eigenvalue weighted by Gasteiger charge is -2.12. The van der Waals surface area contributed by atoms with E-state index in [1.54, 1.807) is 12.1 Å². The van der Waals surface area contributed by atoms with E-state index in [0.29, 0.717) is 12.2 Å². The summed E-state index contributed by atoms with van der Waals surface area (Å²) in [5.74, 6) is -0.830. The molecule has 0 bridgehead atoms. The first-order valence-corrected chi connectivity index (χ1v) is 7.97. The molecule has 2 rings (SSSR count). The molecule has 0 atom stereocenters. The number of nitrogens with zero attached hydrogens (tertiary/aromatic N) is 1. The second kappa shape index (κ2) is 6.28. The molecule has 112 valence electrons. The molecule has 0 unspecified atom stereocenters. The van der Waals surface area contributed by atoms with Gasteiger partial charge in [-0.2, -0.15) is 8.42 Å². The van der Waals surface area contributed by atoms with Gasteiger partial charge in [-0.1, -0.05) is 17.7 Å². The average Bonchev–Trinajstić information content (AvgIpc) is 2.44. The molecule has 1 heterocycles. The zero-order chi connectivity index (χ0) is 15.5. The van der Waals surface area contributed by atoms with Crippen LogP contribution in [0.4, 0.5) is 15.8 Å². The van der Waals surface area contributed by atoms with Crippen LogP contribution in [0.25, 0.3) is 0 Å². The van der Waals surface area contributed by atoms with Crippen molar-refractivity contribution in [1.82, 2.24) is 4.98 Å². The normalized spacial score (nSPS) is 11.2. The van der Waals surface area contributed by atoms with Gasteiger partial charge in [0.05, 0.1) is 16.4 Å². The Hall–Kier alpha value is -1.86. The third kappa shape index (κ3) is 3.43. The Morgan fingerprint density at radius 3 is 2.67 bits per heavy atom. The van der Waals surface area contributed by atoms with Crippen molar-refractivity contribution < 1.29 is 12.8 Å². The predicted octanol–water partition coefficient (Wildman–Crippen LogP) is 3.11. The molecule has 0 saturated carbocycles. The summed E-state index contributed by atoms with van der Waals surface area (Å²) in [5.41, 5.74) is 0.116. The number of nitrogens with one attached hydrogen (secondary N) is 2. The first kappa shape index (κ1) is 15.5. The van der Waals surface area contributed by atoms with Crippen LogP contribution >= 0.6 is 11.6 Å². The quantitative estimate of drug-likeness (QED) is 0.884. The monoisotopic (exact) mass is 329 g/mol. The van der Waals surface area contributed by atoms with Crippen molar-refractivity contribution in [3.8, 4) is 0 Å². The number of rotatable bonds is 5. The van der Waals surface area contributed by atoms with Crippen LogP contribution in [0.5, 0.6) is 0 Å². The zero-order valence-electron chi connectivity index (χ0n) is 11.1. The van der Waals surface area contributed by atoms with Crippen LogP contribution in [0, 0.1) is 5.82 Å². The maximum absolute atomic E-state index is 13.8. The summed E-state index contributed by atoms with van der Waals surface area (Å²) < 4.78 is 40.6. The molecular formula is C13H13ClFN3O2S. The molecule has 0 amide bonds. The molecule has 1 aromatic carbocycles. The van der Waals surface area contributed by atoms with Crippen molar-refractivity contribution in [2.75, 3.05) is 16.6 Å². The van der Waals surface area contributed by atoms with Crippen LogP contribution in [0.3, 0.4) is 0 Å². The van der Waals surface area contributed by atoms with Crippen molar-refractivity contribution in [1.29, 1.82) is 0 Å². The summed E-state index contributed by atoms with van der Waals surface area (Å²) in [7, 11) is -4.03. The highest BCUT2D eigenvalue weighted by atomic mass is 35.5. The number of sulfonamides is 1. The van der Waals surface area contributed by atoms with Gasteiger partial charge in [-0.25, -0.2) is 9.37 Å². The first-order valence-electron chi connectivity index (χ1n) is 6.11. The Kier molecular flexibility index (Phi) is 4.64. The average molecular weight is 330 g/mol. The number of pyridine rings is 1. The molecule has 0 saturated heterocycles. The van der Waals surface area contributed by atoms with E-state index in [4.69, 9.17) is 11.6 Å². The largest absolute Gasteiger partial charge is 0.383 e. The Balaban J connectivity index is 2.41. The van der Waals surface area contributed by atoms with E-state index in [1.165, 1.54) is 24.4 Å². The van der Waals surface area contributed by atoms with Gasteiger partial charge in [-0.3, -0.25) is 4.72 Å². The molecule has 0 fully saturated rings. The minimum absolute atomic E-state index is 0.164. The molecule has 8 heteroatoms. The molecule has 0 spiro atoms. The number of anilines is 2. The number of aromatic nitrogens is 1. The van der Waals surface area contributed by atoms with E-state index in [2.05, 4.69) is 15.0 Å². The van der Waals surface area contributed by atoms with Gasteiger partial charge in [0.25, 0.3) is 10.0 Å². The Morgan fingerprint density at radius 2 is 1.95 bits per heavy atom. The molecule has 2 N–H and O–H groups in total. The zero-order valence-corrected chi connectivity index (χ0v) is 12.7. The Bertz CT molecular complexity index is 753. The van der Waals surface area contributed by atoms with Crippen LogP contribution in [-0.2, 0) is 10.0 Å². The van der Waals surface area contributed by atoms with E-state index < -0.39 is 15.8 Å². The smallest absolute Gasteiger partial charge is 0.281 e. The fourth-order valence-corrected chi connectivity index (χ4v) is 3.05. The molecule has 0 aliphatic rings. The minimum Gasteiger partial charge on any atom is -0.383 e. The number of benzene rings is 1. The molecule has 1 aromatic heterocycles. The van der Waals surface area contributed by atoms with Gasteiger partial charge < -0.3 is 5.32 Å². The van der Waals surface area contributed by atoms with Gasteiger partial charge in [-0.05, 0) is 31.2 Å². The molecular weight excluding hydrogens is 317 g/mol. The summed E-state index contributed by atoms with van der Waals surface area (Å²) in [6.45, 7) is 2.35. The van der Waals surface area contributed by atoms with Crippen LogP contribution in [0.2, 0.25) is 5.02 Å². The third-order valence-corrected chi connectivity index (χ3v) is 4.20. The van der Waals surface area contributed by atoms with Crippen molar-refractivity contribution in [2.45, 2.75) is 11.9 Å². The van der Waals surface area contributed by atoms with Crippen LogP contribution in [0.1, 0.15) is 6.92 Å². The van der Waals surface area contributed by atoms with Gasteiger partial charge in [0.2, 0.25) is 0 Å². The summed E-state index contributed by atoms with van der Waals surface area (Å²) >= 11 is 5.63. The van der Waals surface area contributed by atoms with Crippen LogP contribution in [0.15, 0.2) is 41.6 Å². The summed E-state index contributed by atoms with van der Waals surface area (Å²) in [4.78, 5) is 3.85. The second-order valence-electron chi connectivity index (χ2n) is 4.09. The fraction of sp³-hybridized carbons (Fsp3) is 0.154. The molecule has 5 nitrogen and oxygen atoms in total. The van der Waals surface area contributed by atoms with Gasteiger partial charge in [0.1, 0.15) is 0 Å². The topological polar surface area (TPSA) is 71.1 Å². The minimum atomic E-state index is -4.03. The van der Waals surface area contributed by atoms with Gasteiger partial charge in [-0.15, -0.1) is 0 Å². The second-order valence-corrected chi connectivity index (χ2v) is 6.10. The van der Waals surface area contributed by atoms with Crippen molar-refractivity contribution in [2.24, 2.45) is 0 Å². The number of hydrogen-bond donors (Lipinski definition) is 2. The predicted molar refractivity (Wildman–Crippen MR) is 80.6 cm³/mol. The third-order valence-electron chi connectivity index (χ3n) is 2.59. The van der Waals surface area contributed by atoms with E-state index in [0.717, 1.165) is 0 Å². The maximum Gasteiger partial charge on any atom is 0.281 e. The van der Waals surface area contributed by atoms with E-state index >= 15 is 0 Å². The standard InChI is InChI=1S/C13H13ClFN3O2S/c1-2-16-11-7-4-8-17-13(11)21(19,20)18-10-6-3-5-9(14)12(10)15/h3-8,16,18H,2H2,1H3. The Labute approximate surface area is 127 Å². The highest BCUT2D eigenvalue weighted by Crippen LogP contribution is 2.26. The summed E-state index contributed by atoms with van der Waals surface area (Å²) in [6.07, 6.45) is 1.35. The van der Waals surface area contributed by atoms with Gasteiger partial charge >= 0.3 is 0 Å². The fourth-order valence-electron chi connectivity index (χ4n) is 1.71.